The number of ether oxygens (including phenoxy) is 2. The minimum atomic E-state index is -0.333. The summed E-state index contributed by atoms with van der Waals surface area (Å²) in [6.45, 7) is 0. The summed E-state index contributed by atoms with van der Waals surface area (Å²) in [5, 5.41) is 3.17. The molecule has 1 fully saturated rings. The summed E-state index contributed by atoms with van der Waals surface area (Å²) in [5.41, 5.74) is 0.913. The van der Waals surface area contributed by atoms with E-state index >= 15 is 0 Å². The monoisotopic (exact) mass is 371 g/mol. The topological polar surface area (TPSA) is 65.4 Å². The van der Waals surface area contributed by atoms with E-state index in [1.807, 2.05) is 36.0 Å². The zero-order chi connectivity index (χ0) is 19.2. The molecule has 1 N–H and O–H groups in total. The third kappa shape index (κ3) is 4.62. The third-order valence-corrected chi connectivity index (χ3v) is 5.42. The second-order valence-electron chi connectivity index (χ2n) is 7.20. The maximum absolute atomic E-state index is 12.7. The quantitative estimate of drug-likeness (QED) is 0.770. The third-order valence-electron chi connectivity index (χ3n) is 5.42. The van der Waals surface area contributed by atoms with Gasteiger partial charge in [0.2, 0.25) is 5.91 Å². The zero-order valence-corrected chi connectivity index (χ0v) is 16.4. The van der Waals surface area contributed by atoms with Gasteiger partial charge in [0.25, 0.3) is 0 Å². The largest absolute Gasteiger partial charge is 0.493 e. The van der Waals surface area contributed by atoms with Crippen LogP contribution in [0.25, 0.3) is 0 Å². The van der Waals surface area contributed by atoms with Gasteiger partial charge < -0.3 is 19.4 Å². The number of carbonyl (C=O) groups is 1. The molecule has 1 amide bonds. The maximum Gasteiger partial charge on any atom is 0.220 e. The zero-order valence-electron chi connectivity index (χ0n) is 16.4. The standard InChI is InChI=1S/C21H29N3O3/c1-24-13-12-22-21(24)20(16-9-10-17(26-2)18(14-16)27-3)23-19(25)11-8-15-6-4-5-7-15/h9-10,12-15,20H,4-8,11H2,1-3H3,(H,23,25). The number of carbonyl (C=O) groups excluding carboxylic acids is 1. The number of amides is 1. The molecule has 0 spiro atoms. The van der Waals surface area contributed by atoms with Crippen molar-refractivity contribution in [2.75, 3.05) is 14.2 Å². The van der Waals surface area contributed by atoms with Crippen LogP contribution in [0.4, 0.5) is 0 Å². The molecule has 27 heavy (non-hydrogen) atoms. The first-order valence-corrected chi connectivity index (χ1v) is 9.61. The molecule has 1 heterocycles. The number of nitrogens with one attached hydrogen (secondary N) is 1. The first kappa shape index (κ1) is 19.3. The van der Waals surface area contributed by atoms with Crippen LogP contribution in [0.5, 0.6) is 11.5 Å². The number of rotatable bonds is 8. The second kappa shape index (κ2) is 8.93. The van der Waals surface area contributed by atoms with E-state index in [2.05, 4.69) is 10.3 Å². The highest BCUT2D eigenvalue weighted by Gasteiger charge is 2.23. The number of nitrogens with zero attached hydrogens (tertiary/aromatic N) is 2. The van der Waals surface area contributed by atoms with Crippen molar-refractivity contribution in [3.05, 3.63) is 42.0 Å². The molecule has 0 radical (unpaired) electrons. The number of imidazole rings is 1. The van der Waals surface area contributed by atoms with Crippen LogP contribution in [0.1, 0.15) is 56.0 Å². The van der Waals surface area contributed by atoms with E-state index in [4.69, 9.17) is 9.47 Å². The summed E-state index contributed by atoms with van der Waals surface area (Å²) in [6, 6.07) is 5.36. The fourth-order valence-electron chi connectivity index (χ4n) is 3.85. The fraction of sp³-hybridized carbons (Fsp3) is 0.524. The molecule has 6 nitrogen and oxygen atoms in total. The SMILES string of the molecule is COc1ccc(C(NC(=O)CCC2CCCC2)c2nccn2C)cc1OC. The maximum atomic E-state index is 12.7. The molecule has 1 atom stereocenters. The Labute approximate surface area is 160 Å². The number of benzene rings is 1. The van der Waals surface area contributed by atoms with Gasteiger partial charge in [-0.15, -0.1) is 0 Å². The molecular weight excluding hydrogens is 342 g/mol. The Kier molecular flexibility index (Phi) is 6.37. The average molecular weight is 371 g/mol. The van der Waals surface area contributed by atoms with Crippen molar-refractivity contribution in [1.29, 1.82) is 0 Å². The Balaban J connectivity index is 1.79. The van der Waals surface area contributed by atoms with Crippen molar-refractivity contribution in [3.8, 4) is 11.5 Å². The van der Waals surface area contributed by atoms with Crippen LogP contribution in [-0.2, 0) is 11.8 Å². The van der Waals surface area contributed by atoms with Gasteiger partial charge >= 0.3 is 0 Å². The predicted octanol–water partition coefficient (Wildman–Crippen LogP) is 3.61. The molecule has 0 bridgehead atoms. The second-order valence-corrected chi connectivity index (χ2v) is 7.20. The molecule has 0 aliphatic heterocycles. The van der Waals surface area contributed by atoms with Crippen LogP contribution >= 0.6 is 0 Å². The molecule has 2 aromatic rings. The van der Waals surface area contributed by atoms with Crippen molar-refractivity contribution < 1.29 is 14.3 Å². The summed E-state index contributed by atoms with van der Waals surface area (Å²) in [6.07, 6.45) is 10.3. The predicted molar refractivity (Wildman–Crippen MR) is 104 cm³/mol. The van der Waals surface area contributed by atoms with E-state index in [-0.39, 0.29) is 11.9 Å². The van der Waals surface area contributed by atoms with E-state index in [1.165, 1.54) is 25.7 Å². The Morgan fingerprint density at radius 1 is 1.26 bits per heavy atom. The van der Waals surface area contributed by atoms with Crippen LogP contribution in [0.3, 0.4) is 0 Å². The molecule has 0 saturated heterocycles. The van der Waals surface area contributed by atoms with E-state index in [1.54, 1.807) is 20.4 Å². The smallest absolute Gasteiger partial charge is 0.220 e. The lowest BCUT2D eigenvalue weighted by atomic mass is 10.0. The van der Waals surface area contributed by atoms with E-state index in [0.29, 0.717) is 23.8 Å². The van der Waals surface area contributed by atoms with Gasteiger partial charge in [-0.25, -0.2) is 4.98 Å². The number of methoxy groups -OCH3 is 2. The minimum Gasteiger partial charge on any atom is -0.493 e. The molecule has 1 aromatic carbocycles. The Morgan fingerprint density at radius 3 is 2.63 bits per heavy atom. The molecule has 1 aliphatic carbocycles. The lowest BCUT2D eigenvalue weighted by Gasteiger charge is -2.21. The number of aromatic nitrogens is 2. The van der Waals surface area contributed by atoms with E-state index < -0.39 is 0 Å². The van der Waals surface area contributed by atoms with Gasteiger partial charge in [0, 0.05) is 25.9 Å². The van der Waals surface area contributed by atoms with Crippen molar-refractivity contribution in [2.45, 2.75) is 44.6 Å². The van der Waals surface area contributed by atoms with Gasteiger partial charge in [0.15, 0.2) is 11.5 Å². The molecule has 1 aromatic heterocycles. The van der Waals surface area contributed by atoms with Crippen molar-refractivity contribution in [1.82, 2.24) is 14.9 Å². The van der Waals surface area contributed by atoms with Crippen molar-refractivity contribution in [3.63, 3.8) is 0 Å². The molecular formula is C21H29N3O3. The van der Waals surface area contributed by atoms with Crippen molar-refractivity contribution >= 4 is 5.91 Å². The van der Waals surface area contributed by atoms with Gasteiger partial charge in [0.05, 0.1) is 14.2 Å². The summed E-state index contributed by atoms with van der Waals surface area (Å²) in [7, 11) is 5.15. The van der Waals surface area contributed by atoms with Gasteiger partial charge in [-0.2, -0.15) is 0 Å². The first-order chi connectivity index (χ1) is 13.1. The van der Waals surface area contributed by atoms with Gasteiger partial charge in [-0.1, -0.05) is 31.7 Å². The van der Waals surface area contributed by atoms with Crippen LogP contribution < -0.4 is 14.8 Å². The van der Waals surface area contributed by atoms with E-state index in [0.717, 1.165) is 17.8 Å². The lowest BCUT2D eigenvalue weighted by Crippen LogP contribution is -2.31. The summed E-state index contributed by atoms with van der Waals surface area (Å²) < 4.78 is 12.7. The van der Waals surface area contributed by atoms with E-state index in [9.17, 15) is 4.79 Å². The molecule has 3 rings (SSSR count). The Bertz CT molecular complexity index is 766. The highest BCUT2D eigenvalue weighted by Crippen LogP contribution is 2.32. The molecule has 1 unspecified atom stereocenters. The summed E-state index contributed by atoms with van der Waals surface area (Å²) >= 11 is 0. The summed E-state index contributed by atoms with van der Waals surface area (Å²) in [5.74, 6) is 2.84. The number of hydrogen-bond acceptors (Lipinski definition) is 4. The van der Waals surface area contributed by atoms with Gasteiger partial charge in [0.1, 0.15) is 11.9 Å². The molecule has 1 saturated carbocycles. The molecule has 6 heteroatoms. The Morgan fingerprint density at radius 2 is 2.00 bits per heavy atom. The van der Waals surface area contributed by atoms with Gasteiger partial charge in [-0.3, -0.25) is 4.79 Å². The normalized spacial score (nSPS) is 15.5. The van der Waals surface area contributed by atoms with Crippen LogP contribution in [0.2, 0.25) is 0 Å². The van der Waals surface area contributed by atoms with Crippen LogP contribution in [-0.4, -0.2) is 29.7 Å². The number of aryl methyl sites for hydroxylation is 1. The van der Waals surface area contributed by atoms with Crippen LogP contribution in [0, 0.1) is 5.92 Å². The Hall–Kier alpha value is -2.50. The van der Waals surface area contributed by atoms with Gasteiger partial charge in [-0.05, 0) is 30.0 Å². The fourth-order valence-corrected chi connectivity index (χ4v) is 3.85. The molecule has 1 aliphatic rings. The highest BCUT2D eigenvalue weighted by molar-refractivity contribution is 5.76. The first-order valence-electron chi connectivity index (χ1n) is 9.61. The average Bonchev–Trinajstić information content (AvgIpc) is 3.35. The minimum absolute atomic E-state index is 0.0599. The molecule has 146 valence electrons. The van der Waals surface area contributed by atoms with Crippen LogP contribution in [0.15, 0.2) is 30.6 Å². The number of hydrogen-bond donors (Lipinski definition) is 1. The summed E-state index contributed by atoms with van der Waals surface area (Å²) in [4.78, 5) is 17.1. The van der Waals surface area contributed by atoms with Crippen molar-refractivity contribution in [2.24, 2.45) is 13.0 Å². The highest BCUT2D eigenvalue weighted by atomic mass is 16.5. The lowest BCUT2D eigenvalue weighted by molar-refractivity contribution is -0.121.